The molecule has 2 aromatic carbocycles. The minimum Gasteiger partial charge on any atom is -0.470 e. The number of nitrogens with zero attached hydrogens (tertiary/aromatic N) is 3. The number of rotatable bonds is 9. The van der Waals surface area contributed by atoms with Gasteiger partial charge in [0.1, 0.15) is 12.6 Å². The maximum atomic E-state index is 11.3. The predicted molar refractivity (Wildman–Crippen MR) is 156 cm³/mol. The average molecular weight is 526 g/mol. The molecule has 2 unspecified atom stereocenters. The average Bonchev–Trinajstić information content (AvgIpc) is 3.00. The van der Waals surface area contributed by atoms with Crippen molar-refractivity contribution in [2.45, 2.75) is 18.9 Å². The molecular weight excluding hydrogens is 490 g/mol. The number of nitrogens with one attached hydrogen (secondary N) is 3. The zero-order chi connectivity index (χ0) is 27.9. The summed E-state index contributed by atoms with van der Waals surface area (Å²) < 4.78 is 6.04. The van der Waals surface area contributed by atoms with Gasteiger partial charge in [0.25, 0.3) is 0 Å². The number of ether oxygens (including phenoxy) is 1. The lowest BCUT2D eigenvalue weighted by atomic mass is 10.00. The Labute approximate surface area is 229 Å². The number of carbonyl (C=O) groups excluding carboxylic acids is 1. The van der Waals surface area contributed by atoms with E-state index in [1.165, 1.54) is 11.8 Å². The summed E-state index contributed by atoms with van der Waals surface area (Å²) in [7, 11) is 1.56. The molecule has 4 rings (SSSR count). The van der Waals surface area contributed by atoms with E-state index in [0.717, 1.165) is 17.8 Å². The van der Waals surface area contributed by atoms with Crippen LogP contribution in [0.5, 0.6) is 5.88 Å². The largest absolute Gasteiger partial charge is 0.470 e. The van der Waals surface area contributed by atoms with Crippen LogP contribution in [-0.2, 0) is 4.79 Å². The van der Waals surface area contributed by atoms with Crippen LogP contribution in [0.3, 0.4) is 0 Å². The number of nitriles is 1. The molecule has 39 heavy (non-hydrogen) atoms. The summed E-state index contributed by atoms with van der Waals surface area (Å²) in [5, 5.41) is 18.3. The van der Waals surface area contributed by atoms with Gasteiger partial charge in [-0.15, -0.1) is 0 Å². The van der Waals surface area contributed by atoms with Crippen LogP contribution in [-0.4, -0.2) is 56.4 Å². The number of pyridine rings is 1. The summed E-state index contributed by atoms with van der Waals surface area (Å²) >= 11 is 0. The van der Waals surface area contributed by atoms with Gasteiger partial charge in [-0.25, -0.2) is 4.98 Å². The highest BCUT2D eigenvalue weighted by molar-refractivity contribution is 6.10. The van der Waals surface area contributed by atoms with Crippen LogP contribution in [0.25, 0.3) is 5.57 Å². The Balaban J connectivity index is 0.000000617. The van der Waals surface area contributed by atoms with Gasteiger partial charge in [0, 0.05) is 49.9 Å². The van der Waals surface area contributed by atoms with Gasteiger partial charge in [0.15, 0.2) is 0 Å². The third kappa shape index (κ3) is 9.29. The second-order valence-electron chi connectivity index (χ2n) is 8.91. The van der Waals surface area contributed by atoms with Gasteiger partial charge >= 0.3 is 0 Å². The van der Waals surface area contributed by atoms with E-state index in [1.54, 1.807) is 19.5 Å². The minimum absolute atomic E-state index is 0.0338. The number of hydrogen-bond donors (Lipinski definition) is 4. The Morgan fingerprint density at radius 2 is 1.95 bits per heavy atom. The summed E-state index contributed by atoms with van der Waals surface area (Å²) in [6, 6.07) is 23.7. The second-order valence-corrected chi connectivity index (χ2v) is 8.91. The van der Waals surface area contributed by atoms with Gasteiger partial charge in [0.2, 0.25) is 11.8 Å². The molecule has 0 saturated heterocycles. The summed E-state index contributed by atoms with van der Waals surface area (Å²) in [6.45, 7) is 4.30. The Bertz CT molecular complexity index is 1260. The van der Waals surface area contributed by atoms with Gasteiger partial charge in [-0.2, -0.15) is 5.26 Å². The van der Waals surface area contributed by atoms with Crippen LogP contribution in [0, 0.1) is 11.3 Å². The molecule has 2 atom stereocenters. The SMILES string of the molecule is CNC(=O)CN=C/C(=C\N)c1cnc2c(c1)NCC(CNCC(C)c1ccc(C#N)cc1)O2.c1ccccc1. The minimum atomic E-state index is -0.174. The number of allylic oxidation sites excluding steroid dienone is 1. The molecular formula is C30H35N7O2. The molecule has 5 N–H and O–H groups in total. The quantitative estimate of drug-likeness (QED) is 0.315. The molecule has 202 valence electrons. The fourth-order valence-corrected chi connectivity index (χ4v) is 3.74. The Hall–Kier alpha value is -4.68. The third-order valence-corrected chi connectivity index (χ3v) is 6.00. The van der Waals surface area contributed by atoms with E-state index < -0.39 is 0 Å². The van der Waals surface area contributed by atoms with Gasteiger partial charge in [-0.1, -0.05) is 55.5 Å². The number of aliphatic imine (C=N–C) groups is 1. The van der Waals surface area contributed by atoms with Gasteiger partial charge in [-0.3, -0.25) is 9.79 Å². The lowest BCUT2D eigenvalue weighted by molar-refractivity contribution is -0.119. The van der Waals surface area contributed by atoms with Gasteiger partial charge in [-0.05, 0) is 29.7 Å². The molecule has 0 saturated carbocycles. The number of anilines is 1. The van der Waals surface area contributed by atoms with Crippen molar-refractivity contribution in [3.63, 3.8) is 0 Å². The fourth-order valence-electron chi connectivity index (χ4n) is 3.74. The first-order valence-corrected chi connectivity index (χ1v) is 12.8. The molecule has 3 aromatic rings. The fraction of sp³-hybridized carbons (Fsp3) is 0.267. The molecule has 1 aromatic heterocycles. The van der Waals surface area contributed by atoms with Crippen molar-refractivity contribution >= 4 is 23.4 Å². The van der Waals surface area contributed by atoms with E-state index in [-0.39, 0.29) is 18.6 Å². The number of likely N-dealkylation sites (N-methyl/N-ethyl adjacent to an activating group) is 1. The number of amides is 1. The zero-order valence-electron chi connectivity index (χ0n) is 22.3. The van der Waals surface area contributed by atoms with Crippen molar-refractivity contribution < 1.29 is 9.53 Å². The van der Waals surface area contributed by atoms with Crippen molar-refractivity contribution in [3.05, 3.63) is 95.8 Å². The summed E-state index contributed by atoms with van der Waals surface area (Å²) in [6.07, 6.45) is 4.61. The summed E-state index contributed by atoms with van der Waals surface area (Å²) in [4.78, 5) is 19.9. The number of carbonyl (C=O) groups is 1. The Morgan fingerprint density at radius 1 is 1.26 bits per heavy atom. The standard InChI is InChI=1S/C24H29N7O2.C6H6/c1-16(18-5-3-17(8-25)4-6-18)10-28-13-21-14-30-22-7-19(12-31-24(22)33-21)20(9-26)11-29-15-23(32)27-2;1-2-4-6-5-3-1/h3-7,9,11-12,16,21,28,30H,10,13-15,26H2,1-2H3,(H,27,32);1-6H/b20-9+,29-11?;. The number of benzene rings is 2. The van der Waals surface area contributed by atoms with Crippen LogP contribution >= 0.6 is 0 Å². The maximum Gasteiger partial charge on any atom is 0.241 e. The van der Waals surface area contributed by atoms with Crippen LogP contribution in [0.1, 0.15) is 29.5 Å². The highest BCUT2D eigenvalue weighted by atomic mass is 16.5. The maximum absolute atomic E-state index is 11.3. The van der Waals surface area contributed by atoms with E-state index in [9.17, 15) is 4.79 Å². The number of nitrogens with two attached hydrogens (primary N) is 1. The molecule has 1 amide bonds. The van der Waals surface area contributed by atoms with Crippen LogP contribution in [0.15, 0.2) is 84.1 Å². The lowest BCUT2D eigenvalue weighted by Crippen LogP contribution is -2.40. The third-order valence-electron chi connectivity index (χ3n) is 6.00. The monoisotopic (exact) mass is 525 g/mol. The first kappa shape index (κ1) is 28.9. The van der Waals surface area contributed by atoms with Crippen molar-refractivity contribution in [3.8, 4) is 11.9 Å². The first-order chi connectivity index (χ1) is 19.0. The summed E-state index contributed by atoms with van der Waals surface area (Å²) in [5.41, 5.74) is 9.81. The smallest absolute Gasteiger partial charge is 0.241 e. The van der Waals surface area contributed by atoms with E-state index >= 15 is 0 Å². The molecule has 0 spiro atoms. The van der Waals surface area contributed by atoms with Crippen LogP contribution in [0.4, 0.5) is 5.69 Å². The van der Waals surface area contributed by atoms with E-state index in [0.29, 0.717) is 36.0 Å². The highest BCUT2D eigenvalue weighted by Gasteiger charge is 2.21. The Kier molecular flexibility index (Phi) is 11.5. The zero-order valence-corrected chi connectivity index (χ0v) is 22.3. The molecule has 0 radical (unpaired) electrons. The van der Waals surface area contributed by atoms with E-state index in [2.05, 4.69) is 38.9 Å². The van der Waals surface area contributed by atoms with E-state index in [4.69, 9.17) is 15.7 Å². The molecule has 0 fully saturated rings. The molecule has 9 heteroatoms. The number of fused-ring (bicyclic) bond motifs is 1. The highest BCUT2D eigenvalue weighted by Crippen LogP contribution is 2.29. The van der Waals surface area contributed by atoms with Crippen molar-refractivity contribution in [1.29, 1.82) is 5.26 Å². The van der Waals surface area contributed by atoms with Crippen molar-refractivity contribution in [2.75, 3.05) is 38.5 Å². The van der Waals surface area contributed by atoms with Crippen LogP contribution < -0.4 is 26.4 Å². The van der Waals surface area contributed by atoms with Gasteiger partial charge < -0.3 is 26.4 Å². The molecule has 0 bridgehead atoms. The van der Waals surface area contributed by atoms with Crippen molar-refractivity contribution in [1.82, 2.24) is 15.6 Å². The topological polar surface area (TPSA) is 137 Å². The van der Waals surface area contributed by atoms with Gasteiger partial charge in [0.05, 0.1) is 23.9 Å². The summed E-state index contributed by atoms with van der Waals surface area (Å²) in [5.74, 6) is 0.677. The molecule has 1 aliphatic rings. The first-order valence-electron chi connectivity index (χ1n) is 12.8. The molecule has 9 nitrogen and oxygen atoms in total. The normalized spacial score (nSPS) is 15.0. The van der Waals surface area contributed by atoms with E-state index in [1.807, 2.05) is 66.7 Å². The van der Waals surface area contributed by atoms with Crippen molar-refractivity contribution in [2.24, 2.45) is 10.7 Å². The predicted octanol–water partition coefficient (Wildman–Crippen LogP) is 3.32. The lowest BCUT2D eigenvalue weighted by Gasteiger charge is -2.27. The number of hydrogen-bond acceptors (Lipinski definition) is 8. The Morgan fingerprint density at radius 3 is 2.56 bits per heavy atom. The molecule has 0 aliphatic carbocycles. The second kappa shape index (κ2) is 15.5. The number of aromatic nitrogens is 1. The molecule has 1 aliphatic heterocycles. The molecule has 2 heterocycles. The van der Waals surface area contributed by atoms with Crippen LogP contribution in [0.2, 0.25) is 0 Å².